The average molecular weight is 661 g/mol. The molecular formula is C23H24AtN5O3S. The molecule has 0 amide bonds. The fraction of sp³-hybridized carbons (Fsp3) is 0.304. The molecule has 0 aromatic heterocycles. The Morgan fingerprint density at radius 3 is 2.30 bits per heavy atom. The fourth-order valence-electron chi connectivity index (χ4n) is 3.75. The van der Waals surface area contributed by atoms with Gasteiger partial charge >= 0.3 is 211 Å². The van der Waals surface area contributed by atoms with E-state index in [1.54, 1.807) is 36.7 Å². The Morgan fingerprint density at radius 1 is 1.03 bits per heavy atom. The molecule has 0 atom stereocenters. The van der Waals surface area contributed by atoms with Crippen molar-refractivity contribution >= 4 is 31.9 Å². The Bertz CT molecular complexity index is 1090. The second-order valence-corrected chi connectivity index (χ2v) is 10.5. The van der Waals surface area contributed by atoms with E-state index in [2.05, 4.69) is 21.1 Å². The molecule has 8 nitrogen and oxygen atoms in total. The number of nitrogens with one attached hydrogen (secondary N) is 2. The third kappa shape index (κ3) is 6.40. The Labute approximate surface area is 210 Å². The summed E-state index contributed by atoms with van der Waals surface area (Å²) in [6, 6.07) is 15.7. The first-order chi connectivity index (χ1) is 16.0. The molecule has 0 saturated heterocycles. The molecule has 10 heteroatoms. The van der Waals surface area contributed by atoms with E-state index in [1.807, 2.05) is 48.5 Å². The second kappa shape index (κ2) is 11.2. The first kappa shape index (κ1) is 23.9. The molecule has 0 unspecified atom stereocenters. The van der Waals surface area contributed by atoms with Gasteiger partial charge in [0.15, 0.2) is 0 Å². The molecule has 33 heavy (non-hydrogen) atoms. The number of carbonyl (C=O) groups is 2. The summed E-state index contributed by atoms with van der Waals surface area (Å²) < 4.78 is 0. The Kier molecular flexibility index (Phi) is 8.12. The first-order valence-electron chi connectivity index (χ1n) is 10.6. The third-order valence-corrected chi connectivity index (χ3v) is 8.12. The van der Waals surface area contributed by atoms with Gasteiger partial charge in [0.05, 0.1) is 0 Å². The minimum atomic E-state index is -0.939. The maximum atomic E-state index is 12.5. The van der Waals surface area contributed by atoms with Crippen LogP contribution in [0.5, 0.6) is 0 Å². The van der Waals surface area contributed by atoms with Crippen LogP contribution in [0.4, 0.5) is 0 Å². The van der Waals surface area contributed by atoms with Crippen molar-refractivity contribution in [3.63, 3.8) is 0 Å². The van der Waals surface area contributed by atoms with Gasteiger partial charge in [-0.15, -0.1) is 0 Å². The van der Waals surface area contributed by atoms with Gasteiger partial charge in [0.1, 0.15) is 0 Å². The first-order valence-corrected chi connectivity index (χ1v) is 15.0. The van der Waals surface area contributed by atoms with Gasteiger partial charge in [-0.2, -0.15) is 0 Å². The number of carboxylic acid groups (broad SMARTS) is 1. The van der Waals surface area contributed by atoms with Gasteiger partial charge in [-0.25, -0.2) is 0 Å². The van der Waals surface area contributed by atoms with Crippen molar-refractivity contribution in [1.29, 1.82) is 0 Å². The summed E-state index contributed by atoms with van der Waals surface area (Å²) in [5.74, 6) is 0.489. The Hall–Kier alpha value is -2.29. The van der Waals surface area contributed by atoms with E-state index in [9.17, 15) is 14.7 Å². The van der Waals surface area contributed by atoms with Gasteiger partial charge < -0.3 is 0 Å². The van der Waals surface area contributed by atoms with Gasteiger partial charge in [0.2, 0.25) is 0 Å². The molecule has 172 valence electrons. The van der Waals surface area contributed by atoms with Crippen molar-refractivity contribution in [3.8, 4) is 0 Å². The molecule has 1 heterocycles. The number of Topliss-reactive ketones (excluding diaryl/α,β-unsaturated/α-hetero) is 1. The number of carbonyl (C=O) groups excluding carboxylic acids is 1. The quantitative estimate of drug-likeness (QED) is 0.360. The number of rotatable bonds is 10. The fourth-order valence-corrected chi connectivity index (χ4v) is 5.16. The van der Waals surface area contributed by atoms with E-state index >= 15 is 0 Å². The number of hydrogen-bond donors (Lipinski definition) is 3. The van der Waals surface area contributed by atoms with Crippen molar-refractivity contribution in [2.24, 2.45) is 16.1 Å². The standard InChI is InChI=1S/C23H24AtN5O3S/c24-33-19-10-15(12-29(14-21(31)32)13-20(30)16-7-4-8-16)9-18(11-19)23-27-25-22(26-28-23)17-5-2-1-3-6-17/h1-3,5-6,9-11,16H,4,7-8,12-14H2,(H,25,26)(H,27,28)(H,31,32). The Balaban J connectivity index is 1.50. The van der Waals surface area contributed by atoms with E-state index in [4.69, 9.17) is 0 Å². The van der Waals surface area contributed by atoms with Gasteiger partial charge in [0.25, 0.3) is 0 Å². The average Bonchev–Trinajstić information content (AvgIpc) is 2.78. The molecule has 1 saturated carbocycles. The van der Waals surface area contributed by atoms with Crippen LogP contribution in [0, 0.1) is 29.2 Å². The molecular weight excluding hydrogens is 636 g/mol. The SMILES string of the molecule is O=C(O)CN(CC(=O)C1CCC1)Cc1cc(S[At])cc(C2=NNC(c3ccccc3)=NN2)c1. The van der Waals surface area contributed by atoms with Crippen LogP contribution in [0.25, 0.3) is 0 Å². The van der Waals surface area contributed by atoms with Gasteiger partial charge in [-0.1, -0.05) is 0 Å². The zero-order chi connectivity index (χ0) is 23.2. The zero-order valence-electron chi connectivity index (χ0n) is 17.8. The Morgan fingerprint density at radius 2 is 1.73 bits per heavy atom. The maximum absolute atomic E-state index is 12.5. The van der Waals surface area contributed by atoms with Crippen LogP contribution in [0.1, 0.15) is 36.0 Å². The van der Waals surface area contributed by atoms with E-state index in [-0.39, 0.29) is 24.8 Å². The molecule has 2 aromatic carbocycles. The third-order valence-electron chi connectivity index (χ3n) is 5.63. The van der Waals surface area contributed by atoms with Crippen molar-refractivity contribution in [3.05, 3.63) is 65.2 Å². The van der Waals surface area contributed by atoms with Gasteiger partial charge in [0, 0.05) is 0 Å². The summed E-state index contributed by atoms with van der Waals surface area (Å²) in [6.45, 7) is 0.356. The molecule has 0 spiro atoms. The summed E-state index contributed by atoms with van der Waals surface area (Å²) in [7, 11) is 1.65. The van der Waals surface area contributed by atoms with E-state index in [0.717, 1.165) is 40.8 Å². The van der Waals surface area contributed by atoms with E-state index in [0.29, 0.717) is 18.2 Å². The van der Waals surface area contributed by atoms with E-state index in [1.165, 1.54) is 0 Å². The van der Waals surface area contributed by atoms with Gasteiger partial charge in [-0.05, 0) is 0 Å². The molecule has 1 aliphatic heterocycles. The number of hydrogen-bond acceptors (Lipinski definition) is 8. The molecule has 4 rings (SSSR count). The molecule has 2 aliphatic rings. The molecule has 1 fully saturated rings. The zero-order valence-corrected chi connectivity index (χ0v) is 21.6. The molecule has 3 N–H and O–H groups in total. The van der Waals surface area contributed by atoms with Crippen molar-refractivity contribution in [1.82, 2.24) is 15.8 Å². The number of benzene rings is 2. The number of ketones is 1. The number of amidine groups is 2. The molecule has 0 bridgehead atoms. The van der Waals surface area contributed by atoms with Crippen LogP contribution >= 0.6 is 8.52 Å². The normalized spacial score (nSPS) is 15.7. The summed E-state index contributed by atoms with van der Waals surface area (Å²) >= 11 is 1.56. The number of aliphatic carboxylic acids is 1. The predicted octanol–water partition coefficient (Wildman–Crippen LogP) is 2.72. The van der Waals surface area contributed by atoms with Crippen LogP contribution in [0.2, 0.25) is 0 Å². The number of hydrazone groups is 2. The van der Waals surface area contributed by atoms with Crippen LogP contribution in [-0.4, -0.2) is 46.5 Å². The number of carboxylic acids is 1. The second-order valence-electron chi connectivity index (χ2n) is 8.09. The molecule has 2 aromatic rings. The monoisotopic (exact) mass is 660 g/mol. The van der Waals surface area contributed by atoms with E-state index < -0.39 is 5.97 Å². The molecule has 1 aliphatic carbocycles. The molecule has 0 radical (unpaired) electrons. The van der Waals surface area contributed by atoms with Gasteiger partial charge in [-0.3, -0.25) is 0 Å². The summed E-state index contributed by atoms with van der Waals surface area (Å²) in [6.07, 6.45) is 2.91. The van der Waals surface area contributed by atoms with Crippen molar-refractivity contribution in [2.75, 3.05) is 13.1 Å². The minimum absolute atomic E-state index is 0.0836. The summed E-state index contributed by atoms with van der Waals surface area (Å²) in [5, 5.41) is 18.2. The summed E-state index contributed by atoms with van der Waals surface area (Å²) in [4.78, 5) is 26.7. The van der Waals surface area contributed by atoms with Crippen LogP contribution in [0.15, 0.2) is 63.6 Å². The van der Waals surface area contributed by atoms with Crippen molar-refractivity contribution < 1.29 is 38.0 Å². The van der Waals surface area contributed by atoms with Crippen LogP contribution in [-0.2, 0) is 16.1 Å². The predicted molar refractivity (Wildman–Crippen MR) is 123 cm³/mol. The number of nitrogens with zero attached hydrogens (tertiary/aromatic N) is 3. The van der Waals surface area contributed by atoms with Crippen LogP contribution in [0.3, 0.4) is 0 Å². The summed E-state index contributed by atoms with van der Waals surface area (Å²) in [5.41, 5.74) is 8.71. The van der Waals surface area contributed by atoms with Crippen LogP contribution < -0.4 is 10.9 Å². The topological polar surface area (TPSA) is 106 Å². The van der Waals surface area contributed by atoms with Crippen molar-refractivity contribution in [2.45, 2.75) is 30.7 Å².